The van der Waals surface area contributed by atoms with Crippen molar-refractivity contribution in [2.45, 2.75) is 13.8 Å². The summed E-state index contributed by atoms with van der Waals surface area (Å²) in [6.45, 7) is 3.22. The highest BCUT2D eigenvalue weighted by molar-refractivity contribution is 5.70. The van der Waals surface area contributed by atoms with Crippen LogP contribution >= 0.6 is 0 Å². The minimum atomic E-state index is -0.350. The first-order valence-corrected chi connectivity index (χ1v) is 8.38. The molecule has 3 aromatic carbocycles. The molecule has 0 N–H and O–H groups in total. The molecule has 0 bridgehead atoms. The highest BCUT2D eigenvalue weighted by atomic mass is 16.5. The second-order valence-corrected chi connectivity index (χ2v) is 5.80. The number of esters is 1. The Kier molecular flexibility index (Phi) is 5.79. The Labute approximate surface area is 157 Å². The largest absolute Gasteiger partial charge is 0.426 e. The molecule has 0 radical (unpaired) electrons. The fourth-order valence-corrected chi connectivity index (χ4v) is 2.28. The van der Waals surface area contributed by atoms with E-state index in [1.807, 2.05) is 67.6 Å². The van der Waals surface area contributed by atoms with Crippen LogP contribution in [0.4, 0.5) is 22.7 Å². The molecule has 0 unspecified atom stereocenters. The van der Waals surface area contributed by atoms with Gasteiger partial charge in [-0.2, -0.15) is 20.5 Å². The van der Waals surface area contributed by atoms with Crippen LogP contribution in [0.2, 0.25) is 0 Å². The molecule has 134 valence electrons. The maximum absolute atomic E-state index is 11.0. The Morgan fingerprint density at radius 2 is 1.19 bits per heavy atom. The van der Waals surface area contributed by atoms with E-state index in [2.05, 4.69) is 20.5 Å². The summed E-state index contributed by atoms with van der Waals surface area (Å²) in [6, 6.07) is 22.1. The maximum atomic E-state index is 11.0. The predicted octanol–water partition coefficient (Wildman–Crippen LogP) is 6.75. The summed E-state index contributed by atoms with van der Waals surface area (Å²) in [5, 5.41) is 16.8. The van der Waals surface area contributed by atoms with Gasteiger partial charge in [-0.3, -0.25) is 4.79 Å². The quantitative estimate of drug-likeness (QED) is 0.287. The third-order valence-corrected chi connectivity index (χ3v) is 3.58. The number of aryl methyl sites for hydroxylation is 1. The first-order valence-electron chi connectivity index (χ1n) is 8.38. The standard InChI is InChI=1S/C21H18N4O2/c1-15-14-20(12-13-21(15)27-16(2)26)25-24-19-10-8-18(9-11-19)23-22-17-6-4-3-5-7-17/h3-14H,1-2H3. The number of azo groups is 2. The van der Waals surface area contributed by atoms with Crippen molar-refractivity contribution in [2.24, 2.45) is 20.5 Å². The van der Waals surface area contributed by atoms with Crippen LogP contribution in [0.5, 0.6) is 5.75 Å². The van der Waals surface area contributed by atoms with E-state index in [9.17, 15) is 4.79 Å². The molecule has 0 spiro atoms. The molecule has 0 aliphatic rings. The fourth-order valence-electron chi connectivity index (χ4n) is 2.28. The van der Waals surface area contributed by atoms with Gasteiger partial charge in [0.1, 0.15) is 5.75 Å². The third-order valence-electron chi connectivity index (χ3n) is 3.58. The van der Waals surface area contributed by atoms with Crippen LogP contribution in [-0.4, -0.2) is 5.97 Å². The van der Waals surface area contributed by atoms with Gasteiger partial charge >= 0.3 is 5.97 Å². The summed E-state index contributed by atoms with van der Waals surface area (Å²) in [5.74, 6) is 0.173. The number of rotatable bonds is 5. The number of carbonyl (C=O) groups is 1. The van der Waals surface area contributed by atoms with Crippen LogP contribution in [0.3, 0.4) is 0 Å². The number of nitrogens with zero attached hydrogens (tertiary/aromatic N) is 4. The molecule has 0 aliphatic heterocycles. The molecule has 0 saturated heterocycles. The van der Waals surface area contributed by atoms with Gasteiger partial charge in [-0.15, -0.1) is 0 Å². The summed E-state index contributed by atoms with van der Waals surface area (Å²) in [7, 11) is 0. The van der Waals surface area contributed by atoms with Crippen LogP contribution < -0.4 is 4.74 Å². The number of hydrogen-bond donors (Lipinski definition) is 0. The molecule has 0 amide bonds. The van der Waals surface area contributed by atoms with Gasteiger partial charge in [0.15, 0.2) is 0 Å². The third kappa shape index (κ3) is 5.40. The minimum Gasteiger partial charge on any atom is -0.426 e. The Morgan fingerprint density at radius 1 is 0.704 bits per heavy atom. The topological polar surface area (TPSA) is 75.7 Å². The van der Waals surface area contributed by atoms with E-state index >= 15 is 0 Å². The molecule has 6 heteroatoms. The van der Waals surface area contributed by atoms with Crippen molar-refractivity contribution in [2.75, 3.05) is 0 Å². The van der Waals surface area contributed by atoms with E-state index in [0.717, 1.165) is 16.9 Å². The zero-order valence-corrected chi connectivity index (χ0v) is 15.0. The minimum absolute atomic E-state index is 0.350. The number of carbonyl (C=O) groups excluding carboxylic acids is 1. The first kappa shape index (κ1) is 18.1. The lowest BCUT2D eigenvalue weighted by molar-refractivity contribution is -0.131. The van der Waals surface area contributed by atoms with Crippen LogP contribution in [-0.2, 0) is 4.79 Å². The molecular weight excluding hydrogens is 340 g/mol. The monoisotopic (exact) mass is 358 g/mol. The van der Waals surface area contributed by atoms with Gasteiger partial charge in [0.25, 0.3) is 0 Å². The number of hydrogen-bond acceptors (Lipinski definition) is 6. The maximum Gasteiger partial charge on any atom is 0.308 e. The number of ether oxygens (including phenoxy) is 1. The zero-order chi connectivity index (χ0) is 19.1. The Bertz CT molecular complexity index is 981. The van der Waals surface area contributed by atoms with Gasteiger partial charge in [-0.25, -0.2) is 0 Å². The molecule has 3 rings (SSSR count). The summed E-state index contributed by atoms with van der Waals surface area (Å²) in [6.07, 6.45) is 0. The van der Waals surface area contributed by atoms with Crippen molar-refractivity contribution in [1.29, 1.82) is 0 Å². The van der Waals surface area contributed by atoms with Crippen LogP contribution in [0.15, 0.2) is 93.3 Å². The van der Waals surface area contributed by atoms with E-state index in [1.54, 1.807) is 12.1 Å². The molecule has 3 aromatic rings. The Hall–Kier alpha value is -3.67. The van der Waals surface area contributed by atoms with Gasteiger partial charge < -0.3 is 4.74 Å². The molecule has 6 nitrogen and oxygen atoms in total. The molecule has 0 atom stereocenters. The first-order chi connectivity index (χ1) is 13.1. The summed E-state index contributed by atoms with van der Waals surface area (Å²) >= 11 is 0. The molecule has 0 aromatic heterocycles. The summed E-state index contributed by atoms with van der Waals surface area (Å²) in [4.78, 5) is 11.0. The van der Waals surface area contributed by atoms with E-state index in [-0.39, 0.29) is 5.97 Å². The van der Waals surface area contributed by atoms with Crippen molar-refractivity contribution in [3.8, 4) is 5.75 Å². The van der Waals surface area contributed by atoms with Crippen LogP contribution in [0.25, 0.3) is 0 Å². The Balaban J connectivity index is 1.66. The van der Waals surface area contributed by atoms with Crippen LogP contribution in [0, 0.1) is 6.92 Å². The van der Waals surface area contributed by atoms with E-state index < -0.39 is 0 Å². The van der Waals surface area contributed by atoms with Crippen LogP contribution in [0.1, 0.15) is 12.5 Å². The number of benzene rings is 3. The second kappa shape index (κ2) is 8.62. The average molecular weight is 358 g/mol. The molecule has 0 heterocycles. The second-order valence-electron chi connectivity index (χ2n) is 5.80. The van der Waals surface area contributed by atoms with Crippen molar-refractivity contribution in [1.82, 2.24) is 0 Å². The molecule has 0 aliphatic carbocycles. The van der Waals surface area contributed by atoms with Crippen molar-refractivity contribution >= 4 is 28.7 Å². The van der Waals surface area contributed by atoms with Gasteiger partial charge in [-0.05, 0) is 67.1 Å². The highest BCUT2D eigenvalue weighted by Crippen LogP contribution is 2.26. The lowest BCUT2D eigenvalue weighted by Crippen LogP contribution is -2.02. The SMILES string of the molecule is CC(=O)Oc1ccc(N=Nc2ccc(N=Nc3ccccc3)cc2)cc1C. The lowest BCUT2D eigenvalue weighted by atomic mass is 10.2. The van der Waals surface area contributed by atoms with Gasteiger partial charge in [-0.1, -0.05) is 18.2 Å². The van der Waals surface area contributed by atoms with Crippen molar-refractivity contribution in [3.05, 3.63) is 78.4 Å². The predicted molar refractivity (Wildman–Crippen MR) is 104 cm³/mol. The average Bonchev–Trinajstić information content (AvgIpc) is 2.68. The molecule has 27 heavy (non-hydrogen) atoms. The zero-order valence-electron chi connectivity index (χ0n) is 15.0. The summed E-state index contributed by atoms with van der Waals surface area (Å²) in [5.41, 5.74) is 3.73. The molecule has 0 saturated carbocycles. The van der Waals surface area contributed by atoms with Gasteiger partial charge in [0, 0.05) is 6.92 Å². The van der Waals surface area contributed by atoms with E-state index in [4.69, 9.17) is 4.74 Å². The fraction of sp³-hybridized carbons (Fsp3) is 0.0952. The summed E-state index contributed by atoms with van der Waals surface area (Å²) < 4.78 is 5.10. The Morgan fingerprint density at radius 3 is 1.70 bits per heavy atom. The molecule has 0 fully saturated rings. The van der Waals surface area contributed by atoms with E-state index in [1.165, 1.54) is 6.92 Å². The van der Waals surface area contributed by atoms with Crippen molar-refractivity contribution < 1.29 is 9.53 Å². The lowest BCUT2D eigenvalue weighted by Gasteiger charge is -2.05. The smallest absolute Gasteiger partial charge is 0.308 e. The van der Waals surface area contributed by atoms with Gasteiger partial charge in [0.05, 0.1) is 22.7 Å². The van der Waals surface area contributed by atoms with Gasteiger partial charge in [0.2, 0.25) is 0 Å². The van der Waals surface area contributed by atoms with Crippen molar-refractivity contribution in [3.63, 3.8) is 0 Å². The van der Waals surface area contributed by atoms with E-state index in [0.29, 0.717) is 17.1 Å². The molecular formula is C21H18N4O2. The normalized spacial score (nSPS) is 11.2. The highest BCUT2D eigenvalue weighted by Gasteiger charge is 2.03.